The van der Waals surface area contributed by atoms with Gasteiger partial charge in [-0.25, -0.2) is 4.79 Å². The van der Waals surface area contributed by atoms with Crippen molar-refractivity contribution in [2.24, 2.45) is 7.05 Å². The highest BCUT2D eigenvalue weighted by atomic mass is 16.5. The number of ether oxygens (including phenoxy) is 1. The monoisotopic (exact) mass is 266 g/mol. The van der Waals surface area contributed by atoms with Crippen LogP contribution in [0.3, 0.4) is 0 Å². The van der Waals surface area contributed by atoms with Crippen LogP contribution in [0, 0.1) is 6.92 Å². The number of hydrogen-bond donors (Lipinski definition) is 1. The van der Waals surface area contributed by atoms with E-state index in [4.69, 9.17) is 4.74 Å². The van der Waals surface area contributed by atoms with E-state index in [2.05, 4.69) is 0 Å². The van der Waals surface area contributed by atoms with E-state index in [9.17, 15) is 14.7 Å². The lowest BCUT2D eigenvalue weighted by Crippen LogP contribution is -2.41. The molecule has 1 aromatic heterocycles. The summed E-state index contributed by atoms with van der Waals surface area (Å²) in [5, 5.41) is 9.21. The van der Waals surface area contributed by atoms with E-state index in [0.717, 1.165) is 5.69 Å². The summed E-state index contributed by atoms with van der Waals surface area (Å²) in [4.78, 5) is 25.1. The van der Waals surface area contributed by atoms with Crippen LogP contribution >= 0.6 is 0 Å². The molecule has 6 heteroatoms. The van der Waals surface area contributed by atoms with Gasteiger partial charge in [0.05, 0.1) is 6.10 Å². The standard InChI is InChI=1S/C13H18N2O4/c1-8-4-5-10(14(8)2)12(16)15-7-9(19-3)6-11(15)13(17)18/h4-5,9,11H,6-7H2,1-3H3,(H,17,18). The van der Waals surface area contributed by atoms with Crippen molar-refractivity contribution in [3.05, 3.63) is 23.5 Å². The SMILES string of the molecule is COC1CC(C(=O)O)N(C(=O)c2ccc(C)n2C)C1. The molecule has 2 heterocycles. The first kappa shape index (κ1) is 13.6. The molecular weight excluding hydrogens is 248 g/mol. The molecule has 0 spiro atoms. The fourth-order valence-corrected chi connectivity index (χ4v) is 2.40. The highest BCUT2D eigenvalue weighted by Crippen LogP contribution is 2.23. The average molecular weight is 266 g/mol. The van der Waals surface area contributed by atoms with Crippen molar-refractivity contribution >= 4 is 11.9 Å². The lowest BCUT2D eigenvalue weighted by atomic mass is 10.2. The summed E-state index contributed by atoms with van der Waals surface area (Å²) < 4.78 is 6.94. The highest BCUT2D eigenvalue weighted by molar-refractivity contribution is 5.96. The Bertz CT molecular complexity index is 509. The molecule has 1 aromatic rings. The summed E-state index contributed by atoms with van der Waals surface area (Å²) in [6, 6.07) is 2.75. The number of carbonyl (C=O) groups is 2. The Morgan fingerprint density at radius 3 is 2.58 bits per heavy atom. The Morgan fingerprint density at radius 2 is 2.11 bits per heavy atom. The molecule has 0 saturated carbocycles. The topological polar surface area (TPSA) is 71.8 Å². The molecule has 1 amide bonds. The average Bonchev–Trinajstić information content (AvgIpc) is 2.94. The zero-order valence-corrected chi connectivity index (χ0v) is 11.3. The van der Waals surface area contributed by atoms with Gasteiger partial charge in [0.1, 0.15) is 11.7 Å². The molecule has 1 saturated heterocycles. The van der Waals surface area contributed by atoms with Crippen molar-refractivity contribution in [3.8, 4) is 0 Å². The van der Waals surface area contributed by atoms with E-state index in [1.54, 1.807) is 17.7 Å². The number of amides is 1. The van der Waals surface area contributed by atoms with E-state index in [1.807, 2.05) is 13.0 Å². The maximum Gasteiger partial charge on any atom is 0.326 e. The van der Waals surface area contributed by atoms with Crippen LogP contribution in [0.1, 0.15) is 22.6 Å². The molecular formula is C13H18N2O4. The maximum absolute atomic E-state index is 12.4. The number of nitrogens with zero attached hydrogens (tertiary/aromatic N) is 2. The molecule has 19 heavy (non-hydrogen) atoms. The number of rotatable bonds is 3. The number of carbonyl (C=O) groups excluding carboxylic acids is 1. The third-order valence-electron chi connectivity index (χ3n) is 3.73. The number of hydrogen-bond acceptors (Lipinski definition) is 3. The zero-order valence-electron chi connectivity index (χ0n) is 11.3. The summed E-state index contributed by atoms with van der Waals surface area (Å²) in [6.07, 6.45) is 0.118. The van der Waals surface area contributed by atoms with Crippen LogP contribution in [0.25, 0.3) is 0 Å². The molecule has 1 aliphatic rings. The second-order valence-corrected chi connectivity index (χ2v) is 4.82. The molecule has 2 atom stereocenters. The van der Waals surface area contributed by atoms with Gasteiger partial charge in [0.25, 0.3) is 5.91 Å². The van der Waals surface area contributed by atoms with Gasteiger partial charge < -0.3 is 19.3 Å². The van der Waals surface area contributed by atoms with E-state index in [1.165, 1.54) is 12.0 Å². The molecule has 1 N–H and O–H groups in total. The summed E-state index contributed by atoms with van der Waals surface area (Å²) in [6.45, 7) is 2.21. The van der Waals surface area contributed by atoms with Gasteiger partial charge in [0.15, 0.2) is 0 Å². The van der Waals surface area contributed by atoms with Gasteiger partial charge in [-0.2, -0.15) is 0 Å². The quantitative estimate of drug-likeness (QED) is 0.871. The van der Waals surface area contributed by atoms with E-state index < -0.39 is 12.0 Å². The largest absolute Gasteiger partial charge is 0.480 e. The lowest BCUT2D eigenvalue weighted by Gasteiger charge is -2.21. The molecule has 0 radical (unpaired) electrons. The molecule has 6 nitrogen and oxygen atoms in total. The number of likely N-dealkylation sites (tertiary alicyclic amines) is 1. The summed E-state index contributed by atoms with van der Waals surface area (Å²) in [5.41, 5.74) is 1.46. The van der Waals surface area contributed by atoms with Crippen molar-refractivity contribution in [2.45, 2.75) is 25.5 Å². The van der Waals surface area contributed by atoms with Gasteiger partial charge in [0, 0.05) is 32.8 Å². The molecule has 2 rings (SSSR count). The maximum atomic E-state index is 12.4. The summed E-state index contributed by atoms with van der Waals surface area (Å²) >= 11 is 0. The van der Waals surface area contributed by atoms with Crippen LogP contribution in [-0.2, 0) is 16.6 Å². The van der Waals surface area contributed by atoms with Gasteiger partial charge >= 0.3 is 5.97 Å². The van der Waals surface area contributed by atoms with Crippen LogP contribution in [0.5, 0.6) is 0 Å². The highest BCUT2D eigenvalue weighted by Gasteiger charge is 2.40. The van der Waals surface area contributed by atoms with Crippen LogP contribution in [0.2, 0.25) is 0 Å². The summed E-state index contributed by atoms with van der Waals surface area (Å²) in [7, 11) is 3.33. The van der Waals surface area contributed by atoms with Gasteiger partial charge in [-0.05, 0) is 19.1 Å². The molecule has 2 unspecified atom stereocenters. The van der Waals surface area contributed by atoms with E-state index in [0.29, 0.717) is 18.7 Å². The number of carboxylic acid groups (broad SMARTS) is 1. The van der Waals surface area contributed by atoms with E-state index in [-0.39, 0.29) is 12.0 Å². The molecule has 1 aliphatic heterocycles. The molecule has 0 aliphatic carbocycles. The zero-order chi connectivity index (χ0) is 14.2. The fourth-order valence-electron chi connectivity index (χ4n) is 2.40. The number of aromatic nitrogens is 1. The Kier molecular flexibility index (Phi) is 3.61. The number of aryl methyl sites for hydroxylation is 1. The van der Waals surface area contributed by atoms with Crippen LogP contribution in [-0.4, -0.2) is 52.3 Å². The first-order valence-corrected chi connectivity index (χ1v) is 6.14. The smallest absolute Gasteiger partial charge is 0.326 e. The van der Waals surface area contributed by atoms with Crippen molar-refractivity contribution in [3.63, 3.8) is 0 Å². The van der Waals surface area contributed by atoms with E-state index >= 15 is 0 Å². The minimum absolute atomic E-state index is 0.216. The lowest BCUT2D eigenvalue weighted by molar-refractivity contribution is -0.141. The molecule has 0 aromatic carbocycles. The predicted molar refractivity (Wildman–Crippen MR) is 68.0 cm³/mol. The Morgan fingerprint density at radius 1 is 1.42 bits per heavy atom. The Hall–Kier alpha value is -1.82. The Labute approximate surface area is 111 Å². The summed E-state index contributed by atoms with van der Waals surface area (Å²) in [5.74, 6) is -1.25. The van der Waals surface area contributed by atoms with Gasteiger partial charge in [-0.15, -0.1) is 0 Å². The first-order valence-electron chi connectivity index (χ1n) is 6.14. The molecule has 1 fully saturated rings. The second kappa shape index (κ2) is 5.05. The fraction of sp³-hybridized carbons (Fsp3) is 0.538. The molecule has 104 valence electrons. The van der Waals surface area contributed by atoms with Crippen molar-refractivity contribution < 1.29 is 19.4 Å². The third kappa shape index (κ3) is 2.35. The molecule has 0 bridgehead atoms. The third-order valence-corrected chi connectivity index (χ3v) is 3.73. The normalized spacial score (nSPS) is 22.8. The van der Waals surface area contributed by atoms with Crippen LogP contribution in [0.4, 0.5) is 0 Å². The van der Waals surface area contributed by atoms with Crippen molar-refractivity contribution in [1.29, 1.82) is 0 Å². The predicted octanol–water partition coefficient (Wildman–Crippen LogP) is 0.648. The minimum Gasteiger partial charge on any atom is -0.480 e. The number of carboxylic acids is 1. The first-order chi connectivity index (χ1) is 8.95. The number of aliphatic carboxylic acids is 1. The van der Waals surface area contributed by atoms with Crippen molar-refractivity contribution in [2.75, 3.05) is 13.7 Å². The Balaban J connectivity index is 2.26. The van der Waals surface area contributed by atoms with Gasteiger partial charge in [-0.3, -0.25) is 4.79 Å². The van der Waals surface area contributed by atoms with Crippen molar-refractivity contribution in [1.82, 2.24) is 9.47 Å². The van der Waals surface area contributed by atoms with Crippen LogP contribution < -0.4 is 0 Å². The number of methoxy groups -OCH3 is 1. The van der Waals surface area contributed by atoms with Gasteiger partial charge in [0.2, 0.25) is 0 Å². The second-order valence-electron chi connectivity index (χ2n) is 4.82. The minimum atomic E-state index is -0.987. The van der Waals surface area contributed by atoms with Crippen LogP contribution in [0.15, 0.2) is 12.1 Å². The van der Waals surface area contributed by atoms with Gasteiger partial charge in [-0.1, -0.05) is 0 Å².